The van der Waals surface area contributed by atoms with E-state index in [0.29, 0.717) is 17.1 Å². The molecule has 7 nitrogen and oxygen atoms in total. The molecule has 0 saturated heterocycles. The van der Waals surface area contributed by atoms with Crippen molar-refractivity contribution in [3.05, 3.63) is 78.1 Å². The second-order valence-corrected chi connectivity index (χ2v) is 6.96. The highest BCUT2D eigenvalue weighted by Crippen LogP contribution is 2.20. The lowest BCUT2D eigenvalue weighted by atomic mass is 10.1. The van der Waals surface area contributed by atoms with Gasteiger partial charge in [-0.1, -0.05) is 30.3 Å². The molecule has 0 aliphatic carbocycles. The Morgan fingerprint density at radius 2 is 1.79 bits per heavy atom. The molecule has 1 aromatic heterocycles. The third kappa shape index (κ3) is 4.24. The molecule has 0 unspecified atom stereocenters. The predicted octanol–water partition coefficient (Wildman–Crippen LogP) is 4.24. The summed E-state index contributed by atoms with van der Waals surface area (Å²) in [5.41, 5.74) is 1.31. The van der Waals surface area contributed by atoms with Gasteiger partial charge in [0.1, 0.15) is 12.4 Å². The summed E-state index contributed by atoms with van der Waals surface area (Å²) >= 11 is 0. The number of rotatable bonds is 6. The van der Waals surface area contributed by atoms with Gasteiger partial charge in [-0.05, 0) is 71.4 Å². The number of hydrogen-bond donors (Lipinski definition) is 1. The van der Waals surface area contributed by atoms with Crippen LogP contribution >= 0.6 is 0 Å². The van der Waals surface area contributed by atoms with Crippen molar-refractivity contribution in [3.8, 4) is 5.75 Å². The number of hydrogen-bond acceptors (Lipinski definition) is 5. The van der Waals surface area contributed by atoms with E-state index >= 15 is 0 Å². The van der Waals surface area contributed by atoms with Crippen LogP contribution in [0.5, 0.6) is 5.75 Å². The number of carbonyl (C=O) groups excluding carboxylic acids is 1. The standard InChI is InChI=1S/C22H21N5O2/c1-15(2)27-21(24-25-26-27)14-29-20-11-8-17(9-12-20)22(28)23-19-10-7-16-5-3-4-6-18(16)13-19/h3-13,15H,14H2,1-2H3,(H,23,28). The molecule has 0 saturated carbocycles. The van der Waals surface area contributed by atoms with Crippen LogP contribution in [0.4, 0.5) is 5.69 Å². The molecule has 3 aromatic carbocycles. The van der Waals surface area contributed by atoms with Crippen LogP contribution < -0.4 is 10.1 Å². The van der Waals surface area contributed by atoms with Crippen LogP contribution in [0.3, 0.4) is 0 Å². The molecule has 1 amide bonds. The number of fused-ring (bicyclic) bond motifs is 1. The van der Waals surface area contributed by atoms with Crippen molar-refractivity contribution in [3.63, 3.8) is 0 Å². The summed E-state index contributed by atoms with van der Waals surface area (Å²) in [7, 11) is 0. The van der Waals surface area contributed by atoms with E-state index in [1.54, 1.807) is 28.9 Å². The van der Waals surface area contributed by atoms with E-state index < -0.39 is 0 Å². The Hall–Kier alpha value is -3.74. The number of nitrogens with one attached hydrogen (secondary N) is 1. The Kier molecular flexibility index (Phi) is 5.20. The zero-order valence-electron chi connectivity index (χ0n) is 16.2. The van der Waals surface area contributed by atoms with Crippen LogP contribution in [-0.4, -0.2) is 26.1 Å². The second kappa shape index (κ2) is 8.10. The van der Waals surface area contributed by atoms with E-state index in [1.165, 1.54) is 0 Å². The highest BCUT2D eigenvalue weighted by Gasteiger charge is 2.11. The lowest BCUT2D eigenvalue weighted by Crippen LogP contribution is -2.12. The summed E-state index contributed by atoms with van der Waals surface area (Å²) in [5, 5.41) is 16.8. The summed E-state index contributed by atoms with van der Waals surface area (Å²) in [4.78, 5) is 12.5. The zero-order valence-corrected chi connectivity index (χ0v) is 16.2. The minimum absolute atomic E-state index is 0.157. The third-order valence-electron chi connectivity index (χ3n) is 4.54. The number of amides is 1. The van der Waals surface area contributed by atoms with Crippen molar-refractivity contribution in [2.75, 3.05) is 5.32 Å². The molecule has 0 spiro atoms. The first-order chi connectivity index (χ1) is 14.1. The molecule has 146 valence electrons. The van der Waals surface area contributed by atoms with E-state index in [-0.39, 0.29) is 18.6 Å². The number of anilines is 1. The minimum Gasteiger partial charge on any atom is -0.486 e. The Morgan fingerprint density at radius 3 is 2.55 bits per heavy atom. The summed E-state index contributed by atoms with van der Waals surface area (Å²) in [6, 6.07) is 21.0. The average Bonchev–Trinajstić information content (AvgIpc) is 3.21. The number of aromatic nitrogens is 4. The molecule has 0 aliphatic rings. The first kappa shape index (κ1) is 18.6. The number of benzene rings is 3. The molecule has 4 rings (SSSR count). The van der Waals surface area contributed by atoms with Crippen LogP contribution in [-0.2, 0) is 6.61 Å². The lowest BCUT2D eigenvalue weighted by Gasteiger charge is -2.10. The van der Waals surface area contributed by atoms with Crippen molar-refractivity contribution in [2.45, 2.75) is 26.5 Å². The Morgan fingerprint density at radius 1 is 1.03 bits per heavy atom. The predicted molar refractivity (Wildman–Crippen MR) is 111 cm³/mol. The number of tetrazole rings is 1. The monoisotopic (exact) mass is 387 g/mol. The van der Waals surface area contributed by atoms with Crippen molar-refractivity contribution >= 4 is 22.4 Å². The van der Waals surface area contributed by atoms with E-state index in [9.17, 15) is 4.79 Å². The maximum Gasteiger partial charge on any atom is 0.255 e. The van der Waals surface area contributed by atoms with Gasteiger partial charge in [0, 0.05) is 11.3 Å². The van der Waals surface area contributed by atoms with E-state index in [1.807, 2.05) is 56.3 Å². The quantitative estimate of drug-likeness (QED) is 0.535. The highest BCUT2D eigenvalue weighted by atomic mass is 16.5. The van der Waals surface area contributed by atoms with Crippen molar-refractivity contribution in [1.82, 2.24) is 20.2 Å². The fraction of sp³-hybridized carbons (Fsp3) is 0.182. The first-order valence-corrected chi connectivity index (χ1v) is 9.40. The summed E-state index contributed by atoms with van der Waals surface area (Å²) < 4.78 is 7.46. The van der Waals surface area contributed by atoms with Gasteiger partial charge in [0.05, 0.1) is 6.04 Å². The molecular weight excluding hydrogens is 366 g/mol. The van der Waals surface area contributed by atoms with Gasteiger partial charge in [-0.2, -0.15) is 0 Å². The van der Waals surface area contributed by atoms with Gasteiger partial charge in [0.25, 0.3) is 5.91 Å². The molecule has 1 heterocycles. The molecule has 0 aliphatic heterocycles. The van der Waals surface area contributed by atoms with E-state index in [4.69, 9.17) is 4.74 Å². The smallest absolute Gasteiger partial charge is 0.255 e. The molecule has 1 N–H and O–H groups in total. The van der Waals surface area contributed by atoms with Gasteiger partial charge in [-0.15, -0.1) is 5.10 Å². The van der Waals surface area contributed by atoms with Gasteiger partial charge < -0.3 is 10.1 Å². The third-order valence-corrected chi connectivity index (χ3v) is 4.54. The summed E-state index contributed by atoms with van der Waals surface area (Å²) in [6.45, 7) is 4.26. The van der Waals surface area contributed by atoms with Crippen molar-refractivity contribution < 1.29 is 9.53 Å². The molecular formula is C22H21N5O2. The van der Waals surface area contributed by atoms with Crippen molar-refractivity contribution in [2.24, 2.45) is 0 Å². The Balaban J connectivity index is 1.40. The Bertz CT molecular complexity index is 1140. The van der Waals surface area contributed by atoms with Gasteiger partial charge in [-0.3, -0.25) is 4.79 Å². The molecule has 0 bridgehead atoms. The molecule has 29 heavy (non-hydrogen) atoms. The fourth-order valence-corrected chi connectivity index (χ4v) is 3.03. The van der Waals surface area contributed by atoms with Crippen LogP contribution in [0.25, 0.3) is 10.8 Å². The summed E-state index contributed by atoms with van der Waals surface area (Å²) in [5.74, 6) is 1.12. The summed E-state index contributed by atoms with van der Waals surface area (Å²) in [6.07, 6.45) is 0. The SMILES string of the molecule is CC(C)n1nnnc1COc1ccc(C(=O)Nc2ccc3ccccc3c2)cc1. The largest absolute Gasteiger partial charge is 0.486 e. The number of ether oxygens (including phenoxy) is 1. The topological polar surface area (TPSA) is 81.9 Å². The average molecular weight is 387 g/mol. The number of carbonyl (C=O) groups is 1. The normalized spacial score (nSPS) is 11.0. The van der Waals surface area contributed by atoms with Gasteiger partial charge in [0.15, 0.2) is 5.82 Å². The Labute approximate surface area is 168 Å². The van der Waals surface area contributed by atoms with Gasteiger partial charge in [0.2, 0.25) is 0 Å². The van der Waals surface area contributed by atoms with Crippen LogP contribution in [0, 0.1) is 0 Å². The molecule has 7 heteroatoms. The molecule has 0 atom stereocenters. The second-order valence-electron chi connectivity index (χ2n) is 6.96. The van der Waals surface area contributed by atoms with Crippen LogP contribution in [0.1, 0.15) is 36.1 Å². The van der Waals surface area contributed by atoms with Crippen LogP contribution in [0.15, 0.2) is 66.7 Å². The van der Waals surface area contributed by atoms with Gasteiger partial charge in [-0.25, -0.2) is 4.68 Å². The van der Waals surface area contributed by atoms with Crippen LogP contribution in [0.2, 0.25) is 0 Å². The molecule has 0 fully saturated rings. The fourth-order valence-electron chi connectivity index (χ4n) is 3.03. The van der Waals surface area contributed by atoms with E-state index in [0.717, 1.165) is 16.5 Å². The highest BCUT2D eigenvalue weighted by molar-refractivity contribution is 6.05. The minimum atomic E-state index is -0.171. The number of nitrogens with zero attached hydrogens (tertiary/aromatic N) is 4. The molecule has 4 aromatic rings. The first-order valence-electron chi connectivity index (χ1n) is 9.40. The van der Waals surface area contributed by atoms with Gasteiger partial charge >= 0.3 is 0 Å². The molecule has 0 radical (unpaired) electrons. The maximum atomic E-state index is 12.5. The van der Waals surface area contributed by atoms with Crippen molar-refractivity contribution in [1.29, 1.82) is 0 Å². The lowest BCUT2D eigenvalue weighted by molar-refractivity contribution is 0.102. The maximum absolute atomic E-state index is 12.5. The van der Waals surface area contributed by atoms with E-state index in [2.05, 4.69) is 20.8 Å². The zero-order chi connectivity index (χ0) is 20.2.